The van der Waals surface area contributed by atoms with Gasteiger partial charge < -0.3 is 4.74 Å². The predicted molar refractivity (Wildman–Crippen MR) is 134 cm³/mol. The van der Waals surface area contributed by atoms with Crippen LogP contribution >= 0.6 is 22.9 Å². The zero-order chi connectivity index (χ0) is 23.4. The van der Waals surface area contributed by atoms with Crippen LogP contribution in [-0.4, -0.2) is 27.8 Å². The van der Waals surface area contributed by atoms with Gasteiger partial charge >= 0.3 is 0 Å². The number of aryl methyl sites for hydroxylation is 1. The fraction of sp³-hybridized carbons (Fsp3) is 0.444. The number of rotatable bonds is 5. The fourth-order valence-corrected chi connectivity index (χ4v) is 7.43. The topological polar surface area (TPSA) is 59.5 Å². The van der Waals surface area contributed by atoms with Gasteiger partial charge in [0.05, 0.1) is 22.9 Å². The number of nitrogens with zero attached hydrogens (tertiary/aromatic N) is 2. The third-order valence-corrected chi connectivity index (χ3v) is 8.95. The van der Waals surface area contributed by atoms with Gasteiger partial charge in [-0.05, 0) is 67.9 Å². The second kappa shape index (κ2) is 8.65. The van der Waals surface area contributed by atoms with E-state index in [0.717, 1.165) is 62.2 Å². The van der Waals surface area contributed by atoms with E-state index in [1.165, 1.54) is 24.2 Å². The standard InChI is InChI=1S/C27H27ClN2O3S/c1-15-8-18(28)12-22(26(15)33-19-10-16-2-3-17(9-16)11-19)21-6-7-29-23-13-20(34-27(21)23)14-30-24(31)4-5-25(30)32/h6-8,12-13,16-17,19H,2-5,9-11,14H2,1H3/t16-,17+,19?. The van der Waals surface area contributed by atoms with Crippen molar-refractivity contribution in [2.24, 2.45) is 11.8 Å². The Morgan fingerprint density at radius 3 is 2.53 bits per heavy atom. The van der Waals surface area contributed by atoms with E-state index in [0.29, 0.717) is 24.4 Å². The minimum atomic E-state index is -0.0989. The highest BCUT2D eigenvalue weighted by atomic mass is 35.5. The lowest BCUT2D eigenvalue weighted by Crippen LogP contribution is -2.27. The summed E-state index contributed by atoms with van der Waals surface area (Å²) in [6, 6.07) is 7.96. The number of pyridine rings is 1. The maximum atomic E-state index is 12.1. The summed E-state index contributed by atoms with van der Waals surface area (Å²) in [7, 11) is 0. The zero-order valence-electron chi connectivity index (χ0n) is 19.2. The van der Waals surface area contributed by atoms with Crippen LogP contribution in [-0.2, 0) is 16.1 Å². The third kappa shape index (κ3) is 4.01. The molecule has 0 radical (unpaired) electrons. The van der Waals surface area contributed by atoms with Gasteiger partial charge in [0.1, 0.15) is 5.75 Å². The molecule has 2 aromatic heterocycles. The second-order valence-corrected chi connectivity index (χ2v) is 11.6. The Kier molecular flexibility index (Phi) is 5.61. The van der Waals surface area contributed by atoms with Crippen LogP contribution in [0, 0.1) is 18.8 Å². The highest BCUT2D eigenvalue weighted by Crippen LogP contribution is 2.46. The van der Waals surface area contributed by atoms with E-state index in [1.807, 2.05) is 24.3 Å². The molecule has 3 atom stereocenters. The maximum Gasteiger partial charge on any atom is 0.230 e. The number of carbonyl (C=O) groups is 2. The van der Waals surface area contributed by atoms with Gasteiger partial charge in [-0.2, -0.15) is 0 Å². The van der Waals surface area contributed by atoms with E-state index in [-0.39, 0.29) is 17.9 Å². The molecule has 2 bridgehead atoms. The molecular formula is C27H27ClN2O3S. The fourth-order valence-electron chi connectivity index (χ4n) is 6.03. The first-order valence-electron chi connectivity index (χ1n) is 12.1. The summed E-state index contributed by atoms with van der Waals surface area (Å²) in [5, 5.41) is 0.679. The van der Waals surface area contributed by atoms with Gasteiger partial charge in [-0.3, -0.25) is 19.5 Å². The number of hydrogen-bond acceptors (Lipinski definition) is 5. The maximum absolute atomic E-state index is 12.1. The van der Waals surface area contributed by atoms with Crippen LogP contribution < -0.4 is 4.74 Å². The molecule has 1 aliphatic heterocycles. The van der Waals surface area contributed by atoms with Gasteiger partial charge in [0, 0.05) is 40.1 Å². The molecule has 0 spiro atoms. The smallest absolute Gasteiger partial charge is 0.230 e. The Morgan fingerprint density at radius 2 is 1.79 bits per heavy atom. The van der Waals surface area contributed by atoms with Crippen LogP contribution in [0.5, 0.6) is 5.75 Å². The molecule has 3 fully saturated rings. The minimum absolute atomic E-state index is 0.0989. The van der Waals surface area contributed by atoms with Crippen molar-refractivity contribution >= 4 is 45.0 Å². The zero-order valence-corrected chi connectivity index (χ0v) is 20.8. The SMILES string of the molecule is Cc1cc(Cl)cc(-c2ccnc3cc(CN4C(=O)CCC4=O)sc23)c1OC1C[C@H]2CC[C@@H](C1)C2. The van der Waals surface area contributed by atoms with Crippen LogP contribution in [0.15, 0.2) is 30.5 Å². The Labute approximate surface area is 208 Å². The van der Waals surface area contributed by atoms with Crippen molar-refractivity contribution in [3.8, 4) is 16.9 Å². The number of likely N-dealkylation sites (tertiary alicyclic amines) is 1. The molecule has 5 nitrogen and oxygen atoms in total. The van der Waals surface area contributed by atoms with Gasteiger partial charge in [0.15, 0.2) is 0 Å². The molecule has 176 valence electrons. The van der Waals surface area contributed by atoms with Crippen LogP contribution in [0.3, 0.4) is 0 Å². The normalized spacial score (nSPS) is 24.4. The molecule has 2 amide bonds. The van der Waals surface area contributed by atoms with Gasteiger partial charge in [-0.1, -0.05) is 24.4 Å². The molecule has 7 heteroatoms. The van der Waals surface area contributed by atoms with Crippen LogP contribution in [0.2, 0.25) is 5.02 Å². The van der Waals surface area contributed by atoms with Crippen LogP contribution in [0.1, 0.15) is 55.4 Å². The average Bonchev–Trinajstić information content (AvgIpc) is 3.47. The number of halogens is 1. The lowest BCUT2D eigenvalue weighted by atomic mass is 9.87. The largest absolute Gasteiger partial charge is 0.489 e. The molecule has 6 rings (SSSR count). The molecule has 1 saturated heterocycles. The Balaban J connectivity index is 1.37. The number of fused-ring (bicyclic) bond motifs is 3. The van der Waals surface area contributed by atoms with Crippen molar-refractivity contribution in [2.75, 3.05) is 0 Å². The van der Waals surface area contributed by atoms with Crippen LogP contribution in [0.4, 0.5) is 0 Å². The first kappa shape index (κ1) is 22.1. The lowest BCUT2D eigenvalue weighted by Gasteiger charge is -2.30. The first-order chi connectivity index (χ1) is 16.4. The summed E-state index contributed by atoms with van der Waals surface area (Å²) in [6.07, 6.45) is 8.95. The van der Waals surface area contributed by atoms with Crippen LogP contribution in [0.25, 0.3) is 21.3 Å². The first-order valence-corrected chi connectivity index (χ1v) is 13.3. The molecule has 3 aliphatic rings. The Hall–Kier alpha value is -2.44. The van der Waals surface area contributed by atoms with Crippen molar-refractivity contribution in [3.63, 3.8) is 0 Å². The minimum Gasteiger partial charge on any atom is -0.489 e. The summed E-state index contributed by atoms with van der Waals surface area (Å²) < 4.78 is 7.75. The van der Waals surface area contributed by atoms with Crippen molar-refractivity contribution in [3.05, 3.63) is 45.9 Å². The van der Waals surface area contributed by atoms with Gasteiger partial charge in [0.25, 0.3) is 0 Å². The van der Waals surface area contributed by atoms with Crippen molar-refractivity contribution in [1.29, 1.82) is 0 Å². The Morgan fingerprint density at radius 1 is 1.06 bits per heavy atom. The summed E-state index contributed by atoms with van der Waals surface area (Å²) in [4.78, 5) is 31.1. The summed E-state index contributed by atoms with van der Waals surface area (Å²) >= 11 is 8.10. The molecule has 1 unspecified atom stereocenters. The summed E-state index contributed by atoms with van der Waals surface area (Å²) in [5.41, 5.74) is 3.91. The molecule has 0 N–H and O–H groups in total. The average molecular weight is 495 g/mol. The number of thiophene rings is 1. The summed E-state index contributed by atoms with van der Waals surface area (Å²) in [5.74, 6) is 2.30. The molecule has 34 heavy (non-hydrogen) atoms. The molecule has 3 aromatic rings. The number of ether oxygens (including phenoxy) is 1. The van der Waals surface area contributed by atoms with Gasteiger partial charge in [-0.25, -0.2) is 0 Å². The number of amides is 2. The summed E-state index contributed by atoms with van der Waals surface area (Å²) in [6.45, 7) is 2.37. The molecule has 2 saturated carbocycles. The van der Waals surface area contributed by atoms with Crippen molar-refractivity contribution < 1.29 is 14.3 Å². The molecule has 2 aliphatic carbocycles. The van der Waals surface area contributed by atoms with E-state index >= 15 is 0 Å². The number of hydrogen-bond donors (Lipinski definition) is 0. The number of aromatic nitrogens is 1. The highest BCUT2D eigenvalue weighted by molar-refractivity contribution is 7.19. The lowest BCUT2D eigenvalue weighted by molar-refractivity contribution is -0.138. The van der Waals surface area contributed by atoms with E-state index in [4.69, 9.17) is 16.3 Å². The molecule has 1 aromatic carbocycles. The number of carbonyl (C=O) groups excluding carboxylic acids is 2. The van der Waals surface area contributed by atoms with E-state index in [2.05, 4.69) is 11.9 Å². The van der Waals surface area contributed by atoms with E-state index in [9.17, 15) is 9.59 Å². The van der Waals surface area contributed by atoms with Gasteiger partial charge in [-0.15, -0.1) is 11.3 Å². The van der Waals surface area contributed by atoms with Gasteiger partial charge in [0.2, 0.25) is 11.8 Å². The molecule has 3 heterocycles. The monoisotopic (exact) mass is 494 g/mol. The highest BCUT2D eigenvalue weighted by Gasteiger charge is 2.35. The van der Waals surface area contributed by atoms with Crippen molar-refractivity contribution in [1.82, 2.24) is 9.88 Å². The van der Waals surface area contributed by atoms with Crippen molar-refractivity contribution in [2.45, 2.75) is 64.5 Å². The van der Waals surface area contributed by atoms with E-state index in [1.54, 1.807) is 17.5 Å². The molecular weight excluding hydrogens is 468 g/mol. The number of imide groups is 1. The predicted octanol–water partition coefficient (Wildman–Crippen LogP) is 6.53. The second-order valence-electron chi connectivity index (χ2n) is 10.0. The van der Waals surface area contributed by atoms with E-state index < -0.39 is 0 Å². The third-order valence-electron chi connectivity index (χ3n) is 7.59. The quantitative estimate of drug-likeness (QED) is 0.378. The number of benzene rings is 1. The Bertz CT molecular complexity index is 1270.